The van der Waals surface area contributed by atoms with Crippen LogP contribution in [0.2, 0.25) is 0 Å². The van der Waals surface area contributed by atoms with Gasteiger partial charge in [-0.15, -0.1) is 0 Å². The number of rotatable bonds is 6. The molecule has 2 aromatic rings. The minimum atomic E-state index is -0.499. The van der Waals surface area contributed by atoms with E-state index in [0.29, 0.717) is 23.8 Å². The lowest BCUT2D eigenvalue weighted by Crippen LogP contribution is -2.37. The highest BCUT2D eigenvalue weighted by Crippen LogP contribution is 2.23. The van der Waals surface area contributed by atoms with Crippen molar-refractivity contribution >= 4 is 5.96 Å². The number of benzene rings is 2. The van der Waals surface area contributed by atoms with Crippen LogP contribution in [-0.2, 0) is 13.1 Å². The van der Waals surface area contributed by atoms with Crippen LogP contribution in [0.15, 0.2) is 41.4 Å². The standard InChI is InChI=1S/C18H21F2N3O2/c1-3-21-18(22-10-12-8-14(19)4-6-16(12)20)23-11-13-9-15(25-2)5-7-17(13)24/h4-9,24H,3,10-11H2,1-2H3,(H2,21,22,23). The monoisotopic (exact) mass is 349 g/mol. The summed E-state index contributed by atoms with van der Waals surface area (Å²) in [6, 6.07) is 8.17. The molecule has 0 radical (unpaired) electrons. The fraction of sp³-hybridized carbons (Fsp3) is 0.278. The fourth-order valence-electron chi connectivity index (χ4n) is 2.18. The molecule has 0 amide bonds. The summed E-state index contributed by atoms with van der Waals surface area (Å²) in [6.07, 6.45) is 0. The molecule has 0 unspecified atom stereocenters. The van der Waals surface area contributed by atoms with Crippen LogP contribution in [0.25, 0.3) is 0 Å². The smallest absolute Gasteiger partial charge is 0.191 e. The number of phenols is 1. The first-order valence-electron chi connectivity index (χ1n) is 7.85. The molecule has 0 saturated carbocycles. The Morgan fingerprint density at radius 3 is 2.64 bits per heavy atom. The zero-order valence-electron chi connectivity index (χ0n) is 14.1. The van der Waals surface area contributed by atoms with Crippen LogP contribution in [-0.4, -0.2) is 24.7 Å². The van der Waals surface area contributed by atoms with Crippen molar-refractivity contribution in [2.75, 3.05) is 13.7 Å². The predicted molar refractivity (Wildman–Crippen MR) is 92.7 cm³/mol. The second kappa shape index (κ2) is 8.86. The third kappa shape index (κ3) is 5.34. The molecule has 5 nitrogen and oxygen atoms in total. The van der Waals surface area contributed by atoms with Crippen LogP contribution >= 0.6 is 0 Å². The average molecular weight is 349 g/mol. The van der Waals surface area contributed by atoms with Gasteiger partial charge in [-0.3, -0.25) is 0 Å². The molecule has 7 heteroatoms. The van der Waals surface area contributed by atoms with Gasteiger partial charge in [-0.05, 0) is 43.3 Å². The zero-order valence-corrected chi connectivity index (χ0v) is 14.1. The SMILES string of the molecule is CCNC(=NCc1cc(OC)ccc1O)NCc1cc(F)ccc1F. The lowest BCUT2D eigenvalue weighted by Gasteiger charge is -2.12. The minimum Gasteiger partial charge on any atom is -0.508 e. The molecule has 0 aliphatic heterocycles. The third-order valence-electron chi connectivity index (χ3n) is 3.49. The zero-order chi connectivity index (χ0) is 18.2. The Balaban J connectivity index is 2.09. The van der Waals surface area contributed by atoms with Gasteiger partial charge < -0.3 is 20.5 Å². The summed E-state index contributed by atoms with van der Waals surface area (Å²) >= 11 is 0. The summed E-state index contributed by atoms with van der Waals surface area (Å²) in [6.45, 7) is 2.77. The number of nitrogens with one attached hydrogen (secondary N) is 2. The van der Waals surface area contributed by atoms with E-state index in [9.17, 15) is 13.9 Å². The van der Waals surface area contributed by atoms with Crippen molar-refractivity contribution in [2.24, 2.45) is 4.99 Å². The average Bonchev–Trinajstić information content (AvgIpc) is 2.61. The molecule has 0 fully saturated rings. The Morgan fingerprint density at radius 2 is 1.92 bits per heavy atom. The van der Waals surface area contributed by atoms with Gasteiger partial charge in [0.1, 0.15) is 23.1 Å². The lowest BCUT2D eigenvalue weighted by molar-refractivity contribution is 0.411. The molecular formula is C18H21F2N3O2. The third-order valence-corrected chi connectivity index (χ3v) is 3.49. The van der Waals surface area contributed by atoms with E-state index in [1.54, 1.807) is 19.2 Å². The van der Waals surface area contributed by atoms with Crippen LogP contribution < -0.4 is 15.4 Å². The number of halogens is 2. The summed E-state index contributed by atoms with van der Waals surface area (Å²) < 4.78 is 32.0. The minimum absolute atomic E-state index is 0.0829. The van der Waals surface area contributed by atoms with E-state index in [0.717, 1.165) is 18.2 Å². The van der Waals surface area contributed by atoms with Gasteiger partial charge in [0.15, 0.2) is 5.96 Å². The summed E-state index contributed by atoms with van der Waals surface area (Å²) in [5.41, 5.74) is 0.795. The van der Waals surface area contributed by atoms with Crippen LogP contribution in [0.4, 0.5) is 8.78 Å². The van der Waals surface area contributed by atoms with Gasteiger partial charge in [0.2, 0.25) is 0 Å². The molecule has 134 valence electrons. The van der Waals surface area contributed by atoms with E-state index in [-0.39, 0.29) is 24.4 Å². The molecule has 0 aromatic heterocycles. The maximum atomic E-state index is 13.7. The number of aliphatic imine (C=N–C) groups is 1. The van der Waals surface area contributed by atoms with Crippen molar-refractivity contribution in [3.8, 4) is 11.5 Å². The van der Waals surface area contributed by atoms with Crippen molar-refractivity contribution in [3.05, 3.63) is 59.2 Å². The predicted octanol–water partition coefficient (Wildman–Crippen LogP) is 2.93. The second-order valence-electron chi connectivity index (χ2n) is 5.28. The number of aromatic hydroxyl groups is 1. The number of nitrogens with zero attached hydrogens (tertiary/aromatic N) is 1. The van der Waals surface area contributed by atoms with E-state index >= 15 is 0 Å². The van der Waals surface area contributed by atoms with Gasteiger partial charge in [0.05, 0.1) is 13.7 Å². The highest BCUT2D eigenvalue weighted by molar-refractivity contribution is 5.79. The number of ether oxygens (including phenoxy) is 1. The largest absolute Gasteiger partial charge is 0.508 e. The highest BCUT2D eigenvalue weighted by atomic mass is 19.1. The van der Waals surface area contributed by atoms with E-state index in [4.69, 9.17) is 4.74 Å². The Bertz CT molecular complexity index is 751. The number of guanidine groups is 1. The van der Waals surface area contributed by atoms with Gasteiger partial charge in [-0.2, -0.15) is 0 Å². The first-order chi connectivity index (χ1) is 12.0. The van der Waals surface area contributed by atoms with Crippen molar-refractivity contribution in [2.45, 2.75) is 20.0 Å². The molecule has 25 heavy (non-hydrogen) atoms. The van der Waals surface area contributed by atoms with Crippen LogP contribution in [0.1, 0.15) is 18.1 Å². The molecule has 3 N–H and O–H groups in total. The first kappa shape index (κ1) is 18.5. The molecule has 2 aromatic carbocycles. The quantitative estimate of drug-likeness (QED) is 0.554. The van der Waals surface area contributed by atoms with Gasteiger partial charge >= 0.3 is 0 Å². The van der Waals surface area contributed by atoms with Crippen LogP contribution in [0.3, 0.4) is 0 Å². The van der Waals surface area contributed by atoms with E-state index < -0.39 is 11.6 Å². The highest BCUT2D eigenvalue weighted by Gasteiger charge is 2.07. The summed E-state index contributed by atoms with van der Waals surface area (Å²) in [7, 11) is 1.54. The van der Waals surface area contributed by atoms with Gasteiger partial charge in [-0.1, -0.05) is 0 Å². The Labute approximate surface area is 145 Å². The molecule has 0 heterocycles. The fourth-order valence-corrected chi connectivity index (χ4v) is 2.18. The topological polar surface area (TPSA) is 65.9 Å². The number of hydrogen-bond donors (Lipinski definition) is 3. The molecule has 0 aliphatic carbocycles. The summed E-state index contributed by atoms with van der Waals surface area (Å²) in [4.78, 5) is 4.35. The van der Waals surface area contributed by atoms with Crippen molar-refractivity contribution in [1.82, 2.24) is 10.6 Å². The maximum Gasteiger partial charge on any atom is 0.191 e. The first-order valence-corrected chi connectivity index (χ1v) is 7.85. The molecule has 2 rings (SSSR count). The molecule has 0 spiro atoms. The van der Waals surface area contributed by atoms with E-state index in [2.05, 4.69) is 15.6 Å². The molecular weight excluding hydrogens is 328 g/mol. The van der Waals surface area contributed by atoms with Gasteiger partial charge in [-0.25, -0.2) is 13.8 Å². The molecule has 0 atom stereocenters. The van der Waals surface area contributed by atoms with E-state index in [1.807, 2.05) is 6.92 Å². The maximum absolute atomic E-state index is 13.7. The molecule has 0 bridgehead atoms. The lowest BCUT2D eigenvalue weighted by atomic mass is 10.2. The normalized spacial score (nSPS) is 11.3. The van der Waals surface area contributed by atoms with Crippen LogP contribution in [0.5, 0.6) is 11.5 Å². The Kier molecular flexibility index (Phi) is 6.56. The van der Waals surface area contributed by atoms with Crippen LogP contribution in [0, 0.1) is 11.6 Å². The van der Waals surface area contributed by atoms with Crippen molar-refractivity contribution in [3.63, 3.8) is 0 Å². The molecule has 0 aliphatic rings. The van der Waals surface area contributed by atoms with E-state index in [1.165, 1.54) is 6.07 Å². The Hall–Kier alpha value is -2.83. The van der Waals surface area contributed by atoms with Crippen molar-refractivity contribution < 1.29 is 18.6 Å². The van der Waals surface area contributed by atoms with Crippen molar-refractivity contribution in [1.29, 1.82) is 0 Å². The summed E-state index contributed by atoms with van der Waals surface area (Å²) in [5, 5.41) is 15.8. The summed E-state index contributed by atoms with van der Waals surface area (Å²) in [5.74, 6) is 0.157. The number of methoxy groups -OCH3 is 1. The number of phenolic OH excluding ortho intramolecular Hbond substituents is 1. The van der Waals surface area contributed by atoms with Gasteiger partial charge in [0.25, 0.3) is 0 Å². The Morgan fingerprint density at radius 1 is 1.12 bits per heavy atom. The molecule has 0 saturated heterocycles. The number of hydrogen-bond acceptors (Lipinski definition) is 3. The second-order valence-corrected chi connectivity index (χ2v) is 5.28. The van der Waals surface area contributed by atoms with Gasteiger partial charge in [0, 0.05) is 24.2 Å².